The minimum absolute atomic E-state index is 0.173. The minimum Gasteiger partial charge on any atom is -0.323 e. The number of thioether (sulfide) groups is 1. The highest BCUT2D eigenvalue weighted by Crippen LogP contribution is 2.39. The molecule has 1 amide bonds. The predicted molar refractivity (Wildman–Crippen MR) is 131 cm³/mol. The van der Waals surface area contributed by atoms with Crippen LogP contribution in [0.1, 0.15) is 43.7 Å². The zero-order chi connectivity index (χ0) is 22.1. The lowest BCUT2D eigenvalue weighted by Gasteiger charge is -2.19. The Labute approximate surface area is 200 Å². The van der Waals surface area contributed by atoms with E-state index in [9.17, 15) is 4.79 Å². The number of carbonyl (C=O) groups excluding carboxylic acids is 1. The van der Waals surface area contributed by atoms with Gasteiger partial charge in [-0.15, -0.1) is 21.5 Å². The Morgan fingerprint density at radius 2 is 2.06 bits per heavy atom. The number of aromatic nitrogens is 3. The van der Waals surface area contributed by atoms with Gasteiger partial charge in [-0.3, -0.25) is 9.36 Å². The summed E-state index contributed by atoms with van der Waals surface area (Å²) in [6.07, 6.45) is 3.44. The van der Waals surface area contributed by atoms with Crippen LogP contribution < -0.4 is 5.32 Å². The number of hydrogen-bond acceptors (Lipinski definition) is 5. The fourth-order valence-electron chi connectivity index (χ4n) is 3.81. The van der Waals surface area contributed by atoms with Crippen LogP contribution in [0.5, 0.6) is 0 Å². The normalized spacial score (nSPS) is 15.9. The lowest BCUT2D eigenvalue weighted by Crippen LogP contribution is -2.15. The quantitative estimate of drug-likeness (QED) is 0.385. The van der Waals surface area contributed by atoms with Crippen molar-refractivity contribution in [3.63, 3.8) is 0 Å². The third kappa shape index (κ3) is 4.80. The molecule has 1 aliphatic rings. The summed E-state index contributed by atoms with van der Waals surface area (Å²) >= 11 is 15.5. The number of halogens is 2. The first-order chi connectivity index (χ1) is 14.8. The van der Waals surface area contributed by atoms with Gasteiger partial charge in [0.1, 0.15) is 0 Å². The first kappa shape index (κ1) is 22.6. The molecule has 4 rings (SSSR count). The maximum Gasteiger partial charge on any atom is 0.234 e. The molecule has 0 saturated heterocycles. The Morgan fingerprint density at radius 1 is 1.32 bits per heavy atom. The molecule has 1 atom stereocenters. The topological polar surface area (TPSA) is 59.8 Å². The lowest BCUT2D eigenvalue weighted by molar-refractivity contribution is -0.113. The van der Waals surface area contributed by atoms with Crippen LogP contribution in [-0.2, 0) is 17.6 Å². The first-order valence-electron chi connectivity index (χ1n) is 10.3. The smallest absolute Gasteiger partial charge is 0.234 e. The molecular weight excluding hydrogens is 471 g/mol. The number of carbonyl (C=O) groups is 1. The highest BCUT2D eigenvalue weighted by Gasteiger charge is 2.25. The van der Waals surface area contributed by atoms with E-state index in [1.807, 2.05) is 11.3 Å². The van der Waals surface area contributed by atoms with E-state index in [0.29, 0.717) is 15.7 Å². The zero-order valence-corrected chi connectivity index (χ0v) is 20.8. The monoisotopic (exact) mass is 494 g/mol. The maximum atomic E-state index is 12.5. The molecule has 0 bridgehead atoms. The van der Waals surface area contributed by atoms with Gasteiger partial charge in [0.25, 0.3) is 0 Å². The van der Waals surface area contributed by atoms with E-state index in [1.165, 1.54) is 34.2 Å². The van der Waals surface area contributed by atoms with Gasteiger partial charge in [-0.2, -0.15) is 0 Å². The molecular formula is C22H24Cl2N4OS2. The fourth-order valence-corrected chi connectivity index (χ4v) is 6.41. The van der Waals surface area contributed by atoms with Gasteiger partial charge >= 0.3 is 0 Å². The first-order valence-corrected chi connectivity index (χ1v) is 12.9. The van der Waals surface area contributed by atoms with Gasteiger partial charge in [-0.05, 0) is 56.7 Å². The summed E-state index contributed by atoms with van der Waals surface area (Å²) in [6.45, 7) is 6.54. The molecule has 1 N–H and O–H groups in total. The molecule has 3 aromatic rings. The SMILES string of the molecule is CC1CCc2c(-c3nnc(SCC(=O)Nc4c(Cl)cccc4Cl)n3C(C)C)csc2C1. The molecule has 0 fully saturated rings. The minimum atomic E-state index is -0.193. The number of anilines is 1. The Kier molecular flexibility index (Phi) is 6.96. The van der Waals surface area contributed by atoms with Crippen LogP contribution in [0.4, 0.5) is 5.69 Å². The molecule has 1 unspecified atom stereocenters. The van der Waals surface area contributed by atoms with Crippen molar-refractivity contribution in [1.29, 1.82) is 0 Å². The average molecular weight is 496 g/mol. The standard InChI is InChI=1S/C22H24Cl2N4OS2/c1-12(2)28-21(15-10-30-18-9-13(3)7-8-14(15)18)26-27-22(28)31-11-19(29)25-20-16(23)5-4-6-17(20)24/h4-6,10,12-13H,7-9,11H2,1-3H3,(H,25,29). The molecule has 164 valence electrons. The Hall–Kier alpha value is -1.54. The van der Waals surface area contributed by atoms with Gasteiger partial charge in [0, 0.05) is 21.9 Å². The summed E-state index contributed by atoms with van der Waals surface area (Å²) in [7, 11) is 0. The molecule has 1 aromatic carbocycles. The van der Waals surface area contributed by atoms with Crippen molar-refractivity contribution >= 4 is 57.9 Å². The molecule has 0 radical (unpaired) electrons. The van der Waals surface area contributed by atoms with Gasteiger partial charge in [-0.25, -0.2) is 0 Å². The summed E-state index contributed by atoms with van der Waals surface area (Å²) < 4.78 is 2.13. The molecule has 31 heavy (non-hydrogen) atoms. The summed E-state index contributed by atoms with van der Waals surface area (Å²) in [5.41, 5.74) is 3.04. The number of thiophene rings is 1. The van der Waals surface area contributed by atoms with Crippen LogP contribution in [-0.4, -0.2) is 26.4 Å². The van der Waals surface area contributed by atoms with Crippen LogP contribution in [0.3, 0.4) is 0 Å². The maximum absolute atomic E-state index is 12.5. The van der Waals surface area contributed by atoms with E-state index in [0.717, 1.165) is 29.7 Å². The number of hydrogen-bond donors (Lipinski definition) is 1. The largest absolute Gasteiger partial charge is 0.323 e. The predicted octanol–water partition coefficient (Wildman–Crippen LogP) is 6.75. The van der Waals surface area contributed by atoms with Gasteiger partial charge < -0.3 is 5.32 Å². The Balaban J connectivity index is 1.53. The number of nitrogens with one attached hydrogen (secondary N) is 1. The molecule has 5 nitrogen and oxygen atoms in total. The second-order valence-corrected chi connectivity index (χ2v) is 10.8. The van der Waals surface area contributed by atoms with Crippen molar-refractivity contribution in [3.05, 3.63) is 44.1 Å². The second kappa shape index (κ2) is 9.53. The van der Waals surface area contributed by atoms with Crippen molar-refractivity contribution in [2.75, 3.05) is 11.1 Å². The van der Waals surface area contributed by atoms with Crippen LogP contribution in [0.25, 0.3) is 11.4 Å². The molecule has 0 aliphatic heterocycles. The van der Waals surface area contributed by atoms with E-state index >= 15 is 0 Å². The number of para-hydroxylation sites is 1. The number of nitrogens with zero attached hydrogens (tertiary/aromatic N) is 3. The molecule has 9 heteroatoms. The third-order valence-electron chi connectivity index (χ3n) is 5.38. The summed E-state index contributed by atoms with van der Waals surface area (Å²) in [6, 6.07) is 5.30. The number of fused-ring (bicyclic) bond motifs is 1. The third-order valence-corrected chi connectivity index (χ3v) is 8.01. The summed E-state index contributed by atoms with van der Waals surface area (Å²) in [5.74, 6) is 1.62. The number of rotatable bonds is 6. The fraction of sp³-hybridized carbons (Fsp3) is 0.409. The summed E-state index contributed by atoms with van der Waals surface area (Å²) in [4.78, 5) is 14.0. The van der Waals surface area contributed by atoms with Crippen molar-refractivity contribution in [2.45, 2.75) is 51.2 Å². The number of amides is 1. The lowest BCUT2D eigenvalue weighted by atomic mass is 9.88. The highest BCUT2D eigenvalue weighted by atomic mass is 35.5. The van der Waals surface area contributed by atoms with Crippen molar-refractivity contribution in [3.8, 4) is 11.4 Å². The van der Waals surface area contributed by atoms with Crippen LogP contribution >= 0.6 is 46.3 Å². The van der Waals surface area contributed by atoms with E-state index in [1.54, 1.807) is 18.2 Å². The van der Waals surface area contributed by atoms with Gasteiger partial charge in [0.2, 0.25) is 5.91 Å². The second-order valence-electron chi connectivity index (χ2n) is 8.10. The van der Waals surface area contributed by atoms with Crippen LogP contribution in [0, 0.1) is 5.92 Å². The van der Waals surface area contributed by atoms with Crippen molar-refractivity contribution in [1.82, 2.24) is 14.8 Å². The molecule has 1 aliphatic carbocycles. The summed E-state index contributed by atoms with van der Waals surface area (Å²) in [5, 5.41) is 15.5. The van der Waals surface area contributed by atoms with E-state index in [2.05, 4.69) is 46.2 Å². The van der Waals surface area contributed by atoms with E-state index < -0.39 is 0 Å². The van der Waals surface area contributed by atoms with Crippen molar-refractivity contribution in [2.24, 2.45) is 5.92 Å². The van der Waals surface area contributed by atoms with E-state index in [-0.39, 0.29) is 17.7 Å². The van der Waals surface area contributed by atoms with Gasteiger partial charge in [0.15, 0.2) is 11.0 Å². The van der Waals surface area contributed by atoms with Crippen LogP contribution in [0.2, 0.25) is 10.0 Å². The molecule has 2 heterocycles. The van der Waals surface area contributed by atoms with Gasteiger partial charge in [-0.1, -0.05) is 48.0 Å². The zero-order valence-electron chi connectivity index (χ0n) is 17.6. The average Bonchev–Trinajstić information content (AvgIpc) is 3.32. The molecule has 0 saturated carbocycles. The highest BCUT2D eigenvalue weighted by molar-refractivity contribution is 7.99. The van der Waals surface area contributed by atoms with E-state index in [4.69, 9.17) is 23.2 Å². The van der Waals surface area contributed by atoms with Gasteiger partial charge in [0.05, 0.1) is 21.5 Å². The van der Waals surface area contributed by atoms with Crippen molar-refractivity contribution < 1.29 is 4.79 Å². The van der Waals surface area contributed by atoms with Crippen LogP contribution in [0.15, 0.2) is 28.7 Å². The molecule has 2 aromatic heterocycles. The molecule has 0 spiro atoms. The Morgan fingerprint density at radius 3 is 2.77 bits per heavy atom. The number of benzene rings is 1. The Bertz CT molecular complexity index is 1090.